The van der Waals surface area contributed by atoms with Crippen LogP contribution in [0.25, 0.3) is 0 Å². The number of anilines is 1. The van der Waals surface area contributed by atoms with Crippen molar-refractivity contribution in [3.05, 3.63) is 53.6 Å². The normalized spacial score (nSPS) is 15.7. The number of hydrogen-bond acceptors (Lipinski definition) is 4. The minimum absolute atomic E-state index is 0.147. The van der Waals surface area contributed by atoms with Crippen molar-refractivity contribution in [1.82, 2.24) is 5.32 Å². The predicted molar refractivity (Wildman–Crippen MR) is 93.7 cm³/mol. The molecule has 2 aromatic carbocycles. The highest BCUT2D eigenvalue weighted by molar-refractivity contribution is 6.06. The summed E-state index contributed by atoms with van der Waals surface area (Å²) < 4.78 is 10.6. The van der Waals surface area contributed by atoms with Gasteiger partial charge in [0.15, 0.2) is 11.5 Å². The van der Waals surface area contributed by atoms with Crippen LogP contribution in [0.5, 0.6) is 11.5 Å². The number of nitrogens with zero attached hydrogens (tertiary/aromatic N) is 1. The summed E-state index contributed by atoms with van der Waals surface area (Å²) in [7, 11) is 3.15. The third-order valence-electron chi connectivity index (χ3n) is 4.19. The summed E-state index contributed by atoms with van der Waals surface area (Å²) in [5, 5.41) is 2.73. The Morgan fingerprint density at radius 3 is 2.52 bits per heavy atom. The monoisotopic (exact) mass is 340 g/mol. The second-order valence-electron chi connectivity index (χ2n) is 5.81. The van der Waals surface area contributed by atoms with Gasteiger partial charge in [0.25, 0.3) is 5.91 Å². The van der Waals surface area contributed by atoms with Gasteiger partial charge in [-0.05, 0) is 23.8 Å². The van der Waals surface area contributed by atoms with Crippen molar-refractivity contribution in [2.75, 3.05) is 19.1 Å². The van der Waals surface area contributed by atoms with E-state index in [-0.39, 0.29) is 11.8 Å². The lowest BCUT2D eigenvalue weighted by molar-refractivity contribution is -0.126. The van der Waals surface area contributed by atoms with Crippen LogP contribution in [0, 0.1) is 0 Å². The molecule has 6 heteroatoms. The van der Waals surface area contributed by atoms with E-state index < -0.39 is 6.04 Å². The van der Waals surface area contributed by atoms with Gasteiger partial charge in [0.1, 0.15) is 6.04 Å². The van der Waals surface area contributed by atoms with Gasteiger partial charge >= 0.3 is 0 Å². The molecule has 6 nitrogen and oxygen atoms in total. The summed E-state index contributed by atoms with van der Waals surface area (Å²) in [5.41, 5.74) is 2.52. The van der Waals surface area contributed by atoms with Gasteiger partial charge in [0.2, 0.25) is 5.91 Å². The molecule has 0 bridgehead atoms. The molecule has 0 radical (unpaired) electrons. The average Bonchev–Trinajstić information content (AvgIpc) is 2.87. The number of nitrogens with one attached hydrogen (secondary N) is 1. The summed E-state index contributed by atoms with van der Waals surface area (Å²) >= 11 is 0. The van der Waals surface area contributed by atoms with E-state index >= 15 is 0 Å². The highest BCUT2D eigenvalue weighted by Crippen LogP contribution is 2.37. The maximum atomic E-state index is 12.8. The third-order valence-corrected chi connectivity index (χ3v) is 4.19. The average molecular weight is 340 g/mol. The van der Waals surface area contributed by atoms with Crippen LogP contribution in [-0.2, 0) is 16.1 Å². The van der Waals surface area contributed by atoms with Crippen LogP contribution in [0.3, 0.4) is 0 Å². The molecular weight excluding hydrogens is 320 g/mol. The van der Waals surface area contributed by atoms with E-state index in [9.17, 15) is 9.59 Å². The molecule has 130 valence electrons. The quantitative estimate of drug-likeness (QED) is 0.908. The summed E-state index contributed by atoms with van der Waals surface area (Å²) in [4.78, 5) is 26.0. The Labute approximate surface area is 146 Å². The van der Waals surface area contributed by atoms with Gasteiger partial charge in [0.05, 0.1) is 20.8 Å². The Kier molecular flexibility index (Phi) is 4.61. The van der Waals surface area contributed by atoms with E-state index in [1.54, 1.807) is 19.1 Å². The van der Waals surface area contributed by atoms with Crippen molar-refractivity contribution in [2.45, 2.75) is 19.5 Å². The second kappa shape index (κ2) is 6.84. The van der Waals surface area contributed by atoms with Crippen LogP contribution in [0.15, 0.2) is 42.5 Å². The standard InChI is InChI=1S/C19H20N2O4/c1-12(22)20-18-14-6-4-5-7-15(14)21(19(18)23)11-13-8-9-16(24-2)17(10-13)25-3/h4-10,18H,11H2,1-3H3,(H,20,22). The fraction of sp³-hybridized carbons (Fsp3) is 0.263. The summed E-state index contributed by atoms with van der Waals surface area (Å²) in [6, 6.07) is 12.4. The molecule has 3 rings (SSSR count). The topological polar surface area (TPSA) is 67.9 Å². The van der Waals surface area contributed by atoms with Crippen LogP contribution in [0.2, 0.25) is 0 Å². The number of benzene rings is 2. The lowest BCUT2D eigenvalue weighted by Gasteiger charge is -2.19. The first kappa shape index (κ1) is 16.8. The van der Waals surface area contributed by atoms with Gasteiger partial charge in [-0.3, -0.25) is 9.59 Å². The van der Waals surface area contributed by atoms with Crippen LogP contribution >= 0.6 is 0 Å². The summed E-state index contributed by atoms with van der Waals surface area (Å²) in [6.07, 6.45) is 0. The highest BCUT2D eigenvalue weighted by Gasteiger charge is 2.37. The van der Waals surface area contributed by atoms with Crippen LogP contribution in [0.1, 0.15) is 24.1 Å². The molecule has 1 heterocycles. The van der Waals surface area contributed by atoms with E-state index in [2.05, 4.69) is 5.32 Å². The number of para-hydroxylation sites is 1. The molecule has 0 saturated heterocycles. The van der Waals surface area contributed by atoms with Gasteiger partial charge in [-0.1, -0.05) is 24.3 Å². The SMILES string of the molecule is COc1ccc(CN2C(=O)C(NC(C)=O)c3ccccc32)cc1OC. The summed E-state index contributed by atoms with van der Waals surface area (Å²) in [5.74, 6) is 0.862. The van der Waals surface area contributed by atoms with Crippen LogP contribution in [0.4, 0.5) is 5.69 Å². The van der Waals surface area contributed by atoms with E-state index in [1.807, 2.05) is 42.5 Å². The number of ether oxygens (including phenoxy) is 2. The van der Waals surface area contributed by atoms with Crippen LogP contribution in [-0.4, -0.2) is 26.0 Å². The predicted octanol–water partition coefficient (Wildman–Crippen LogP) is 2.43. The fourth-order valence-corrected chi connectivity index (χ4v) is 3.05. The first-order valence-electron chi connectivity index (χ1n) is 7.93. The van der Waals surface area contributed by atoms with Crippen molar-refractivity contribution in [1.29, 1.82) is 0 Å². The Morgan fingerprint density at radius 2 is 1.84 bits per heavy atom. The van der Waals surface area contributed by atoms with Gasteiger partial charge in [-0.2, -0.15) is 0 Å². The maximum absolute atomic E-state index is 12.8. The Hall–Kier alpha value is -3.02. The molecule has 1 aliphatic heterocycles. The largest absolute Gasteiger partial charge is 0.493 e. The number of hydrogen-bond donors (Lipinski definition) is 1. The molecule has 0 fully saturated rings. The molecular formula is C19H20N2O4. The van der Waals surface area contributed by atoms with Gasteiger partial charge in [-0.15, -0.1) is 0 Å². The highest BCUT2D eigenvalue weighted by atomic mass is 16.5. The lowest BCUT2D eigenvalue weighted by Crippen LogP contribution is -2.36. The lowest BCUT2D eigenvalue weighted by atomic mass is 10.1. The van der Waals surface area contributed by atoms with E-state index in [4.69, 9.17) is 9.47 Å². The number of fused-ring (bicyclic) bond motifs is 1. The van der Waals surface area contributed by atoms with Crippen molar-refractivity contribution < 1.29 is 19.1 Å². The minimum atomic E-state index is -0.645. The van der Waals surface area contributed by atoms with Crippen molar-refractivity contribution >= 4 is 17.5 Å². The van der Waals surface area contributed by atoms with Crippen molar-refractivity contribution in [3.63, 3.8) is 0 Å². The zero-order valence-electron chi connectivity index (χ0n) is 14.4. The molecule has 25 heavy (non-hydrogen) atoms. The van der Waals surface area contributed by atoms with Gasteiger partial charge in [0, 0.05) is 18.2 Å². The molecule has 1 atom stereocenters. The van der Waals surface area contributed by atoms with Gasteiger partial charge in [-0.25, -0.2) is 0 Å². The minimum Gasteiger partial charge on any atom is -0.493 e. The zero-order valence-corrected chi connectivity index (χ0v) is 14.4. The van der Waals surface area contributed by atoms with Gasteiger partial charge < -0.3 is 19.7 Å². The molecule has 0 spiro atoms. The summed E-state index contributed by atoms with van der Waals surface area (Å²) in [6.45, 7) is 1.79. The first-order valence-corrected chi connectivity index (χ1v) is 7.93. The molecule has 2 aromatic rings. The molecule has 2 amide bonds. The number of carbonyl (C=O) groups is 2. The van der Waals surface area contributed by atoms with Crippen LogP contribution < -0.4 is 19.7 Å². The van der Waals surface area contributed by atoms with Crippen molar-refractivity contribution in [3.8, 4) is 11.5 Å². The number of rotatable bonds is 5. The Balaban J connectivity index is 1.92. The smallest absolute Gasteiger partial charge is 0.254 e. The number of methoxy groups -OCH3 is 2. The molecule has 0 saturated carbocycles. The Morgan fingerprint density at radius 1 is 1.12 bits per heavy atom. The third kappa shape index (κ3) is 3.15. The number of amides is 2. The van der Waals surface area contributed by atoms with E-state index in [1.165, 1.54) is 6.92 Å². The van der Waals surface area contributed by atoms with E-state index in [0.29, 0.717) is 18.0 Å². The molecule has 1 aliphatic rings. The molecule has 0 aromatic heterocycles. The second-order valence-corrected chi connectivity index (χ2v) is 5.81. The number of carbonyl (C=O) groups excluding carboxylic acids is 2. The maximum Gasteiger partial charge on any atom is 0.254 e. The molecule has 1 N–H and O–H groups in total. The first-order chi connectivity index (χ1) is 12.0. The van der Waals surface area contributed by atoms with E-state index in [0.717, 1.165) is 16.8 Å². The fourth-order valence-electron chi connectivity index (χ4n) is 3.05. The Bertz CT molecular complexity index is 819. The van der Waals surface area contributed by atoms with Crippen molar-refractivity contribution in [2.24, 2.45) is 0 Å². The zero-order chi connectivity index (χ0) is 18.0. The molecule has 0 aliphatic carbocycles. The molecule has 1 unspecified atom stereocenters.